The Morgan fingerprint density at radius 1 is 0.255 bits per heavy atom. The van der Waals surface area contributed by atoms with Gasteiger partial charge in [-0.15, -0.1) is 0 Å². The van der Waals surface area contributed by atoms with E-state index in [1.807, 2.05) is 0 Å². The SMILES string of the molecule is c1cc[c]([Ge]([c]2ccccc2)([c]2ccccc2)[c]2ccc(-n3c4ccccc4c4cc(-n5c6ccccc6c6ccccc65)ccc43)cc2)cc1. The molecule has 10 rings (SSSR count). The normalized spacial score (nSPS) is 11.9. The van der Waals surface area contributed by atoms with Gasteiger partial charge in [0.1, 0.15) is 0 Å². The fraction of sp³-hybridized carbons (Fsp3) is 0. The molecule has 0 aliphatic heterocycles. The van der Waals surface area contributed by atoms with Crippen LogP contribution in [0.5, 0.6) is 0 Å². The van der Waals surface area contributed by atoms with Crippen molar-refractivity contribution in [3.05, 3.63) is 206 Å². The van der Waals surface area contributed by atoms with Crippen LogP contribution in [-0.2, 0) is 0 Å². The predicted octanol–water partition coefficient (Wildman–Crippen LogP) is 9.26. The molecule has 0 atom stereocenters. The summed E-state index contributed by atoms with van der Waals surface area (Å²) in [4.78, 5) is 0. The molecule has 10 aromatic rings. The van der Waals surface area contributed by atoms with Crippen LogP contribution in [0, 0.1) is 0 Å². The fourth-order valence-electron chi connectivity index (χ4n) is 8.50. The number of benzene rings is 8. The number of hydrogen-bond donors (Lipinski definition) is 0. The molecule has 0 saturated carbocycles. The molecule has 0 bridgehead atoms. The first-order valence-electron chi connectivity index (χ1n) is 17.6. The number of rotatable bonds is 6. The van der Waals surface area contributed by atoms with E-state index in [1.165, 1.54) is 72.6 Å². The Kier molecular flexibility index (Phi) is 7.04. The topological polar surface area (TPSA) is 9.86 Å². The van der Waals surface area contributed by atoms with Crippen LogP contribution in [-0.4, -0.2) is 22.4 Å². The third-order valence-electron chi connectivity index (χ3n) is 10.7. The molecule has 0 N–H and O–H groups in total. The second-order valence-electron chi connectivity index (χ2n) is 13.3. The minimum atomic E-state index is -3.35. The molecule has 0 saturated heterocycles. The molecule has 0 spiro atoms. The maximum absolute atomic E-state index is 3.35. The average molecular weight is 711 g/mol. The quantitative estimate of drug-likeness (QED) is 0.152. The summed E-state index contributed by atoms with van der Waals surface area (Å²) in [5.74, 6) is 0. The van der Waals surface area contributed by atoms with E-state index in [0.717, 1.165) is 0 Å². The van der Waals surface area contributed by atoms with Gasteiger partial charge in [-0.2, -0.15) is 0 Å². The van der Waals surface area contributed by atoms with Gasteiger partial charge in [0.25, 0.3) is 0 Å². The summed E-state index contributed by atoms with van der Waals surface area (Å²) in [6.45, 7) is 0. The zero-order valence-corrected chi connectivity index (χ0v) is 30.1. The second kappa shape index (κ2) is 12.0. The molecule has 2 nitrogen and oxygen atoms in total. The van der Waals surface area contributed by atoms with Gasteiger partial charge in [0.2, 0.25) is 0 Å². The Labute approximate surface area is 299 Å². The molecular weight excluding hydrogens is 677 g/mol. The number of hydrogen-bond acceptors (Lipinski definition) is 0. The van der Waals surface area contributed by atoms with Crippen molar-refractivity contribution in [2.45, 2.75) is 0 Å². The Bertz CT molecular complexity index is 2680. The molecule has 0 amide bonds. The Morgan fingerprint density at radius 3 is 1.06 bits per heavy atom. The van der Waals surface area contributed by atoms with Crippen molar-refractivity contribution in [3.8, 4) is 11.4 Å². The number of para-hydroxylation sites is 3. The van der Waals surface area contributed by atoms with Crippen LogP contribution in [0.2, 0.25) is 0 Å². The third-order valence-corrected chi connectivity index (χ3v) is 20.7. The Balaban J connectivity index is 1.18. The van der Waals surface area contributed by atoms with E-state index in [9.17, 15) is 0 Å². The average Bonchev–Trinajstić information content (AvgIpc) is 3.72. The monoisotopic (exact) mass is 712 g/mol. The maximum atomic E-state index is 2.44. The van der Waals surface area contributed by atoms with E-state index in [2.05, 4.69) is 215 Å². The van der Waals surface area contributed by atoms with Gasteiger partial charge in [0, 0.05) is 0 Å². The number of aromatic nitrogens is 2. The molecule has 51 heavy (non-hydrogen) atoms. The van der Waals surface area contributed by atoms with E-state index in [4.69, 9.17) is 0 Å². The van der Waals surface area contributed by atoms with Gasteiger partial charge < -0.3 is 0 Å². The van der Waals surface area contributed by atoms with Crippen molar-refractivity contribution in [2.75, 3.05) is 0 Å². The number of nitrogens with zero attached hydrogens (tertiary/aromatic N) is 2. The van der Waals surface area contributed by atoms with Crippen molar-refractivity contribution < 1.29 is 0 Å². The molecule has 2 heterocycles. The third kappa shape index (κ3) is 4.57. The van der Waals surface area contributed by atoms with E-state index >= 15 is 0 Å². The van der Waals surface area contributed by atoms with Crippen LogP contribution < -0.4 is 17.6 Å². The molecule has 8 aromatic carbocycles. The van der Waals surface area contributed by atoms with Crippen molar-refractivity contribution in [2.24, 2.45) is 0 Å². The summed E-state index contributed by atoms with van der Waals surface area (Å²) < 4.78 is 10.5. The van der Waals surface area contributed by atoms with Gasteiger partial charge >= 0.3 is 265 Å². The first-order valence-corrected chi connectivity index (χ1v) is 21.8. The van der Waals surface area contributed by atoms with E-state index in [-0.39, 0.29) is 0 Å². The van der Waals surface area contributed by atoms with Crippen molar-refractivity contribution in [1.29, 1.82) is 0 Å². The summed E-state index contributed by atoms with van der Waals surface area (Å²) >= 11 is -3.35. The fourth-order valence-corrected chi connectivity index (χ4v) is 18.5. The molecular formula is C48H34GeN2. The van der Waals surface area contributed by atoms with Gasteiger partial charge in [-0.05, 0) is 0 Å². The summed E-state index contributed by atoms with van der Waals surface area (Å²) in [7, 11) is 0. The molecule has 240 valence electrons. The zero-order chi connectivity index (χ0) is 33.8. The van der Waals surface area contributed by atoms with Gasteiger partial charge in [-0.3, -0.25) is 0 Å². The molecule has 0 aliphatic carbocycles. The van der Waals surface area contributed by atoms with Crippen LogP contribution in [0.1, 0.15) is 0 Å². The first kappa shape index (κ1) is 29.8. The molecule has 0 aliphatic rings. The summed E-state index contributed by atoms with van der Waals surface area (Å²) in [5.41, 5.74) is 7.20. The molecule has 3 heteroatoms. The second-order valence-corrected chi connectivity index (χ2v) is 21.3. The Morgan fingerprint density at radius 2 is 0.588 bits per heavy atom. The van der Waals surface area contributed by atoms with Crippen LogP contribution in [0.15, 0.2) is 206 Å². The Hall–Kier alpha value is -6.10. The van der Waals surface area contributed by atoms with E-state index in [0.29, 0.717) is 0 Å². The minimum absolute atomic E-state index is 1.17. The summed E-state index contributed by atoms with van der Waals surface area (Å²) in [6.07, 6.45) is 0. The first-order chi connectivity index (χ1) is 25.3. The van der Waals surface area contributed by atoms with Crippen molar-refractivity contribution in [3.63, 3.8) is 0 Å². The summed E-state index contributed by atoms with van der Waals surface area (Å²) in [6, 6.07) is 76.4. The van der Waals surface area contributed by atoms with E-state index in [1.54, 1.807) is 0 Å². The summed E-state index contributed by atoms with van der Waals surface area (Å²) in [5, 5.41) is 5.05. The van der Waals surface area contributed by atoms with Gasteiger partial charge in [0.05, 0.1) is 0 Å². The molecule has 2 aromatic heterocycles. The van der Waals surface area contributed by atoms with Crippen molar-refractivity contribution >= 4 is 74.5 Å². The molecule has 0 fully saturated rings. The predicted molar refractivity (Wildman–Crippen MR) is 219 cm³/mol. The van der Waals surface area contributed by atoms with Gasteiger partial charge in [-0.1, -0.05) is 36.4 Å². The standard InChI is InChI=1S/C48H34GeN2/c1-4-16-35(17-5-1)49(36-18-6-2-7-19-36,37-20-8-3-9-21-37)38-28-30-39(31-29-38)50-47-27-15-12-24-43(47)44-34-40(32-33-48(44)50)51-45-25-13-10-22-41(45)42-23-11-14-26-46(42)51/h1-34H. The van der Waals surface area contributed by atoms with Crippen molar-refractivity contribution in [1.82, 2.24) is 9.13 Å². The number of fused-ring (bicyclic) bond motifs is 6. The van der Waals surface area contributed by atoms with Crippen LogP contribution in [0.4, 0.5) is 0 Å². The van der Waals surface area contributed by atoms with Gasteiger partial charge in [-0.25, -0.2) is 0 Å². The van der Waals surface area contributed by atoms with Crippen LogP contribution in [0.3, 0.4) is 0 Å². The molecule has 0 unspecified atom stereocenters. The molecule has 0 radical (unpaired) electrons. The van der Waals surface area contributed by atoms with Crippen LogP contribution in [0.25, 0.3) is 55.0 Å². The van der Waals surface area contributed by atoms with E-state index < -0.39 is 13.3 Å². The zero-order valence-electron chi connectivity index (χ0n) is 28.0. The van der Waals surface area contributed by atoms with Crippen LogP contribution >= 0.6 is 0 Å². The van der Waals surface area contributed by atoms with Gasteiger partial charge in [0.15, 0.2) is 0 Å².